The minimum Gasteiger partial charge on any atom is -0.508 e. The summed E-state index contributed by atoms with van der Waals surface area (Å²) < 4.78 is 0.550. The van der Waals surface area contributed by atoms with Crippen molar-refractivity contribution in [3.05, 3.63) is 69.7 Å². The van der Waals surface area contributed by atoms with Crippen LogP contribution < -0.4 is 0 Å². The van der Waals surface area contributed by atoms with Gasteiger partial charge < -0.3 is 5.11 Å². The van der Waals surface area contributed by atoms with E-state index < -0.39 is 0 Å². The van der Waals surface area contributed by atoms with Crippen molar-refractivity contribution in [1.29, 1.82) is 0 Å². The number of hydrogen-bond acceptors (Lipinski definition) is 2. The highest BCUT2D eigenvalue weighted by Gasteiger charge is 2.28. The van der Waals surface area contributed by atoms with Crippen LogP contribution in [0.2, 0.25) is 0 Å². The summed E-state index contributed by atoms with van der Waals surface area (Å²) in [7, 11) is 0. The Kier molecular flexibility index (Phi) is 2.56. The summed E-state index contributed by atoms with van der Waals surface area (Å²) in [5.41, 5.74) is 3.27. The van der Waals surface area contributed by atoms with Crippen molar-refractivity contribution in [2.45, 2.75) is 0 Å². The zero-order chi connectivity index (χ0) is 12.7. The molecule has 0 amide bonds. The fraction of sp³-hybridized carbons (Fsp3) is 0. The van der Waals surface area contributed by atoms with Crippen molar-refractivity contribution < 1.29 is 9.90 Å². The van der Waals surface area contributed by atoms with E-state index in [-0.39, 0.29) is 11.5 Å². The Morgan fingerprint density at radius 3 is 2.39 bits per heavy atom. The van der Waals surface area contributed by atoms with Crippen LogP contribution in [-0.4, -0.2) is 10.9 Å². The summed E-state index contributed by atoms with van der Waals surface area (Å²) in [5.74, 6) is 0.0245. The number of benzene rings is 2. The molecule has 0 spiro atoms. The molecule has 1 aliphatic carbocycles. The first-order valence-electron chi connectivity index (χ1n) is 5.52. The number of ketones is 1. The maximum Gasteiger partial charge on any atom is 0.201 e. The van der Waals surface area contributed by atoms with E-state index in [0.29, 0.717) is 10.0 Å². The highest BCUT2D eigenvalue weighted by molar-refractivity contribution is 9.12. The zero-order valence-electron chi connectivity index (χ0n) is 9.35. The SMILES string of the molecule is O=C1C(Br)=C(c2ccccc2)c2ccc(O)cc21. The molecule has 0 bridgehead atoms. The van der Waals surface area contributed by atoms with Crippen LogP contribution in [0.25, 0.3) is 5.57 Å². The largest absolute Gasteiger partial charge is 0.508 e. The first-order valence-corrected chi connectivity index (χ1v) is 6.31. The lowest BCUT2D eigenvalue weighted by molar-refractivity contribution is 0.104. The van der Waals surface area contributed by atoms with Crippen molar-refractivity contribution in [3.8, 4) is 5.75 Å². The average molecular weight is 301 g/mol. The Morgan fingerprint density at radius 2 is 1.67 bits per heavy atom. The average Bonchev–Trinajstić information content (AvgIpc) is 2.64. The lowest BCUT2D eigenvalue weighted by Gasteiger charge is -2.05. The first-order chi connectivity index (χ1) is 8.68. The number of rotatable bonds is 1. The molecule has 0 saturated carbocycles. The molecule has 2 aromatic carbocycles. The van der Waals surface area contributed by atoms with Crippen LogP contribution in [0.3, 0.4) is 0 Å². The molecular formula is C15H9BrO2. The van der Waals surface area contributed by atoms with Gasteiger partial charge in [-0.15, -0.1) is 0 Å². The van der Waals surface area contributed by atoms with E-state index in [1.807, 2.05) is 30.3 Å². The van der Waals surface area contributed by atoms with Crippen molar-refractivity contribution in [2.24, 2.45) is 0 Å². The third-order valence-electron chi connectivity index (χ3n) is 3.00. The van der Waals surface area contributed by atoms with Crippen molar-refractivity contribution in [3.63, 3.8) is 0 Å². The van der Waals surface area contributed by atoms with Crippen LogP contribution in [0.5, 0.6) is 5.75 Å². The van der Waals surface area contributed by atoms with Gasteiger partial charge in [0.25, 0.3) is 0 Å². The van der Waals surface area contributed by atoms with Gasteiger partial charge in [-0.1, -0.05) is 30.3 Å². The molecule has 1 aliphatic rings. The van der Waals surface area contributed by atoms with E-state index in [1.54, 1.807) is 12.1 Å². The molecule has 3 heteroatoms. The minimum atomic E-state index is -0.0836. The Hall–Kier alpha value is -1.87. The Labute approximate surface area is 113 Å². The fourth-order valence-corrected chi connectivity index (χ4v) is 2.83. The molecule has 0 radical (unpaired) electrons. The van der Waals surface area contributed by atoms with Crippen LogP contribution in [0, 0.1) is 0 Å². The van der Waals surface area contributed by atoms with Gasteiger partial charge in [-0.25, -0.2) is 0 Å². The van der Waals surface area contributed by atoms with Crippen LogP contribution in [-0.2, 0) is 0 Å². The number of aromatic hydroxyl groups is 1. The van der Waals surface area contributed by atoms with Gasteiger partial charge >= 0.3 is 0 Å². The van der Waals surface area contributed by atoms with Crippen molar-refractivity contribution >= 4 is 27.3 Å². The number of carbonyl (C=O) groups is 1. The van der Waals surface area contributed by atoms with E-state index in [0.717, 1.165) is 16.7 Å². The molecule has 2 nitrogen and oxygen atoms in total. The number of halogens is 1. The third kappa shape index (κ3) is 1.59. The molecule has 3 rings (SSSR count). The normalized spacial score (nSPS) is 13.9. The number of hydrogen-bond donors (Lipinski definition) is 1. The fourth-order valence-electron chi connectivity index (χ4n) is 2.18. The standard InChI is InChI=1S/C15H9BrO2/c16-14-13(9-4-2-1-3-5-9)11-7-6-10(17)8-12(11)15(14)18/h1-8,17H. The van der Waals surface area contributed by atoms with Gasteiger partial charge in [0.1, 0.15) is 5.75 Å². The Morgan fingerprint density at radius 1 is 0.944 bits per heavy atom. The molecule has 0 aliphatic heterocycles. The molecule has 88 valence electrons. The Balaban J connectivity index is 2.26. The van der Waals surface area contributed by atoms with Gasteiger partial charge in [0.15, 0.2) is 0 Å². The quantitative estimate of drug-likeness (QED) is 0.871. The van der Waals surface area contributed by atoms with Gasteiger partial charge in [-0.05, 0) is 45.3 Å². The van der Waals surface area contributed by atoms with Gasteiger partial charge in [-0.2, -0.15) is 0 Å². The molecule has 0 fully saturated rings. The van der Waals surface area contributed by atoms with Crippen LogP contribution in [0.1, 0.15) is 21.5 Å². The summed E-state index contributed by atoms with van der Waals surface area (Å²) in [4.78, 5) is 12.1. The van der Waals surface area contributed by atoms with Crippen LogP contribution in [0.15, 0.2) is 53.0 Å². The van der Waals surface area contributed by atoms with Crippen molar-refractivity contribution in [1.82, 2.24) is 0 Å². The second-order valence-electron chi connectivity index (χ2n) is 4.11. The van der Waals surface area contributed by atoms with Crippen molar-refractivity contribution in [2.75, 3.05) is 0 Å². The smallest absolute Gasteiger partial charge is 0.201 e. The van der Waals surface area contributed by atoms with E-state index in [1.165, 1.54) is 6.07 Å². The van der Waals surface area contributed by atoms with Gasteiger partial charge in [0.2, 0.25) is 5.78 Å². The zero-order valence-corrected chi connectivity index (χ0v) is 10.9. The second-order valence-corrected chi connectivity index (χ2v) is 4.91. The van der Waals surface area contributed by atoms with E-state index in [4.69, 9.17) is 0 Å². The first kappa shape index (κ1) is 11.2. The monoisotopic (exact) mass is 300 g/mol. The summed E-state index contributed by atoms with van der Waals surface area (Å²) in [6, 6.07) is 14.6. The molecule has 2 aromatic rings. The molecule has 0 heterocycles. The van der Waals surface area contributed by atoms with E-state index in [2.05, 4.69) is 15.9 Å². The minimum absolute atomic E-state index is 0.0836. The predicted octanol–water partition coefficient (Wildman–Crippen LogP) is 3.74. The topological polar surface area (TPSA) is 37.3 Å². The Bertz CT molecular complexity index is 672. The highest BCUT2D eigenvalue weighted by Crippen LogP contribution is 2.40. The lowest BCUT2D eigenvalue weighted by Crippen LogP contribution is -1.93. The van der Waals surface area contributed by atoms with Gasteiger partial charge in [0, 0.05) is 11.1 Å². The molecule has 0 saturated heterocycles. The summed E-state index contributed by atoms with van der Waals surface area (Å²) >= 11 is 3.36. The van der Waals surface area contributed by atoms with E-state index >= 15 is 0 Å². The number of Topliss-reactive ketones (excluding diaryl/α,β-unsaturated/α-hetero) is 1. The molecular weight excluding hydrogens is 292 g/mol. The number of phenols is 1. The van der Waals surface area contributed by atoms with E-state index in [9.17, 15) is 9.90 Å². The molecule has 0 atom stereocenters. The highest BCUT2D eigenvalue weighted by atomic mass is 79.9. The molecule has 0 unspecified atom stereocenters. The molecule has 0 aromatic heterocycles. The maximum absolute atomic E-state index is 12.1. The predicted molar refractivity (Wildman–Crippen MR) is 73.8 cm³/mol. The third-order valence-corrected chi connectivity index (χ3v) is 3.76. The second kappa shape index (κ2) is 4.10. The number of carbonyl (C=O) groups excluding carboxylic acids is 1. The van der Waals surface area contributed by atoms with Gasteiger partial charge in [0.05, 0.1) is 4.48 Å². The van der Waals surface area contributed by atoms with Crippen LogP contribution in [0.4, 0.5) is 0 Å². The molecule has 1 N–H and O–H groups in total. The summed E-state index contributed by atoms with van der Waals surface area (Å²) in [6.45, 7) is 0. The number of allylic oxidation sites excluding steroid dienone is 1. The van der Waals surface area contributed by atoms with Crippen LogP contribution >= 0.6 is 15.9 Å². The summed E-state index contributed by atoms with van der Waals surface area (Å²) in [5, 5.41) is 9.47. The maximum atomic E-state index is 12.1. The number of fused-ring (bicyclic) bond motifs is 1. The lowest BCUT2D eigenvalue weighted by atomic mass is 9.99. The van der Waals surface area contributed by atoms with Gasteiger partial charge in [-0.3, -0.25) is 4.79 Å². The summed E-state index contributed by atoms with van der Waals surface area (Å²) in [6.07, 6.45) is 0. The number of phenolic OH excluding ortho intramolecular Hbond substituents is 1. The molecule has 18 heavy (non-hydrogen) atoms.